The van der Waals surface area contributed by atoms with Crippen molar-refractivity contribution in [3.63, 3.8) is 0 Å². The van der Waals surface area contributed by atoms with Crippen LogP contribution >= 0.6 is 11.6 Å². The van der Waals surface area contributed by atoms with Gasteiger partial charge in [-0.15, -0.1) is 11.6 Å². The van der Waals surface area contributed by atoms with Gasteiger partial charge in [0.25, 0.3) is 5.91 Å². The Labute approximate surface area is 112 Å². The highest BCUT2D eigenvalue weighted by Crippen LogP contribution is 2.22. The van der Waals surface area contributed by atoms with Crippen LogP contribution in [0.25, 0.3) is 0 Å². The molecule has 1 saturated heterocycles. The molecule has 1 heterocycles. The summed E-state index contributed by atoms with van der Waals surface area (Å²) >= 11 is 5.89. The van der Waals surface area contributed by atoms with Gasteiger partial charge in [0.05, 0.1) is 5.56 Å². The number of benzene rings is 1. The second-order valence-corrected chi connectivity index (χ2v) is 5.09. The van der Waals surface area contributed by atoms with E-state index in [-0.39, 0.29) is 17.5 Å². The van der Waals surface area contributed by atoms with Gasteiger partial charge in [-0.1, -0.05) is 11.6 Å². The number of carbonyl (C=O) groups excluding carboxylic acids is 1. The lowest BCUT2D eigenvalue weighted by atomic mass is 10.0. The molecule has 1 atom stereocenters. The summed E-state index contributed by atoms with van der Waals surface area (Å²) in [5.74, 6) is -0.273. The zero-order chi connectivity index (χ0) is 13.1. The van der Waals surface area contributed by atoms with Gasteiger partial charge >= 0.3 is 0 Å². The molecule has 0 aromatic heterocycles. The van der Waals surface area contributed by atoms with E-state index in [2.05, 4.69) is 0 Å². The normalized spacial score (nSPS) is 19.9. The monoisotopic (exact) mass is 269 g/mol. The molecule has 1 unspecified atom stereocenters. The van der Waals surface area contributed by atoms with Gasteiger partial charge in [0.15, 0.2) is 0 Å². The van der Waals surface area contributed by atoms with Crippen LogP contribution in [0.1, 0.15) is 35.2 Å². The van der Waals surface area contributed by atoms with Gasteiger partial charge in [-0.3, -0.25) is 4.79 Å². The van der Waals surface area contributed by atoms with Gasteiger partial charge in [-0.2, -0.15) is 0 Å². The number of likely N-dealkylation sites (tertiary alicyclic amines) is 1. The van der Waals surface area contributed by atoms with Crippen molar-refractivity contribution in [2.24, 2.45) is 0 Å². The molecule has 0 spiro atoms. The fourth-order valence-corrected chi connectivity index (χ4v) is 2.71. The summed E-state index contributed by atoms with van der Waals surface area (Å²) in [6.45, 7) is 2.52. The quantitative estimate of drug-likeness (QED) is 0.754. The van der Waals surface area contributed by atoms with Crippen LogP contribution in [0.5, 0.6) is 0 Å². The maximum atomic E-state index is 13.7. The molecule has 0 bridgehead atoms. The Bertz CT molecular complexity index is 449. The summed E-state index contributed by atoms with van der Waals surface area (Å²) in [5.41, 5.74) is 1.05. The maximum Gasteiger partial charge on any atom is 0.257 e. The zero-order valence-corrected chi connectivity index (χ0v) is 11.2. The first-order valence-corrected chi connectivity index (χ1v) is 6.80. The molecular formula is C14H17ClFNO. The van der Waals surface area contributed by atoms with E-state index in [0.29, 0.717) is 12.4 Å². The van der Waals surface area contributed by atoms with Crippen molar-refractivity contribution in [2.45, 2.75) is 32.2 Å². The molecule has 1 fully saturated rings. The number of alkyl halides is 1. The molecule has 1 aliphatic rings. The highest BCUT2D eigenvalue weighted by Gasteiger charge is 2.28. The first-order chi connectivity index (χ1) is 8.63. The van der Waals surface area contributed by atoms with E-state index in [9.17, 15) is 9.18 Å². The van der Waals surface area contributed by atoms with Gasteiger partial charge in [0.1, 0.15) is 5.82 Å². The molecule has 1 aromatic carbocycles. The predicted molar refractivity (Wildman–Crippen MR) is 70.5 cm³/mol. The van der Waals surface area contributed by atoms with Crippen LogP contribution in [0.3, 0.4) is 0 Å². The maximum absolute atomic E-state index is 13.7. The lowest BCUT2D eigenvalue weighted by Gasteiger charge is -2.34. The third kappa shape index (κ3) is 2.66. The third-order valence-electron chi connectivity index (χ3n) is 3.42. The minimum atomic E-state index is -0.454. The van der Waals surface area contributed by atoms with Crippen molar-refractivity contribution in [3.05, 3.63) is 35.1 Å². The van der Waals surface area contributed by atoms with Crippen LogP contribution in [-0.2, 0) is 0 Å². The van der Waals surface area contributed by atoms with E-state index in [4.69, 9.17) is 11.6 Å². The number of amides is 1. The summed E-state index contributed by atoms with van der Waals surface area (Å²) < 4.78 is 13.7. The minimum absolute atomic E-state index is 0.0350. The van der Waals surface area contributed by atoms with Crippen molar-refractivity contribution >= 4 is 17.5 Å². The molecule has 2 rings (SSSR count). The lowest BCUT2D eigenvalue weighted by Crippen LogP contribution is -2.45. The van der Waals surface area contributed by atoms with E-state index < -0.39 is 5.82 Å². The van der Waals surface area contributed by atoms with Crippen molar-refractivity contribution in [2.75, 3.05) is 12.4 Å². The zero-order valence-electron chi connectivity index (χ0n) is 10.5. The van der Waals surface area contributed by atoms with Gasteiger partial charge in [-0.25, -0.2) is 4.39 Å². The number of hydrogen-bond acceptors (Lipinski definition) is 1. The molecule has 1 aliphatic heterocycles. The average Bonchev–Trinajstić information content (AvgIpc) is 2.40. The van der Waals surface area contributed by atoms with E-state index >= 15 is 0 Å². The number of piperidine rings is 1. The molecule has 0 aliphatic carbocycles. The van der Waals surface area contributed by atoms with Crippen LogP contribution in [0, 0.1) is 12.7 Å². The Balaban J connectivity index is 2.26. The van der Waals surface area contributed by atoms with Crippen LogP contribution in [0.2, 0.25) is 0 Å². The molecule has 18 heavy (non-hydrogen) atoms. The molecule has 1 aromatic rings. The van der Waals surface area contributed by atoms with E-state index in [1.165, 1.54) is 6.07 Å². The van der Waals surface area contributed by atoms with Crippen molar-refractivity contribution in [1.29, 1.82) is 0 Å². The minimum Gasteiger partial charge on any atom is -0.334 e. The van der Waals surface area contributed by atoms with Gasteiger partial charge in [-0.05, 0) is 38.3 Å². The summed E-state index contributed by atoms with van der Waals surface area (Å²) in [4.78, 5) is 14.1. The van der Waals surface area contributed by atoms with Crippen molar-refractivity contribution < 1.29 is 9.18 Å². The van der Waals surface area contributed by atoms with E-state index in [0.717, 1.165) is 24.8 Å². The Morgan fingerprint density at radius 1 is 1.50 bits per heavy atom. The summed E-state index contributed by atoms with van der Waals surface area (Å²) in [7, 11) is 0. The Hall–Kier alpha value is -1.09. The molecule has 1 amide bonds. The van der Waals surface area contributed by atoms with Crippen LogP contribution in [0.15, 0.2) is 18.2 Å². The van der Waals surface area contributed by atoms with Gasteiger partial charge in [0.2, 0.25) is 0 Å². The predicted octanol–water partition coefficient (Wildman–Crippen LogP) is 3.37. The number of carbonyl (C=O) groups is 1. The molecule has 0 saturated carbocycles. The lowest BCUT2D eigenvalue weighted by molar-refractivity contribution is 0.0634. The molecule has 0 radical (unpaired) electrons. The van der Waals surface area contributed by atoms with Gasteiger partial charge < -0.3 is 4.90 Å². The number of rotatable bonds is 2. The summed E-state index contributed by atoms with van der Waals surface area (Å²) in [6, 6.07) is 4.66. The first kappa shape index (κ1) is 13.3. The summed E-state index contributed by atoms with van der Waals surface area (Å²) in [5, 5.41) is 0. The average molecular weight is 270 g/mol. The number of halogens is 2. The molecule has 4 heteroatoms. The Morgan fingerprint density at radius 3 is 3.00 bits per heavy atom. The van der Waals surface area contributed by atoms with E-state index in [1.807, 2.05) is 6.92 Å². The fourth-order valence-electron chi connectivity index (χ4n) is 2.39. The Kier molecular flexibility index (Phi) is 4.23. The molecule has 2 nitrogen and oxygen atoms in total. The van der Waals surface area contributed by atoms with Crippen LogP contribution in [-0.4, -0.2) is 29.3 Å². The largest absolute Gasteiger partial charge is 0.334 e. The number of aryl methyl sites for hydroxylation is 1. The van der Waals surface area contributed by atoms with Crippen molar-refractivity contribution in [3.8, 4) is 0 Å². The SMILES string of the molecule is Cc1ccc(F)c(C(=O)N2CCCCC2CCl)c1. The van der Waals surface area contributed by atoms with Crippen LogP contribution < -0.4 is 0 Å². The number of hydrogen-bond donors (Lipinski definition) is 0. The second-order valence-electron chi connectivity index (χ2n) is 4.79. The fraction of sp³-hybridized carbons (Fsp3) is 0.500. The smallest absolute Gasteiger partial charge is 0.257 e. The van der Waals surface area contributed by atoms with E-state index in [1.54, 1.807) is 17.0 Å². The van der Waals surface area contributed by atoms with Crippen LogP contribution in [0.4, 0.5) is 4.39 Å². The molecule has 98 valence electrons. The topological polar surface area (TPSA) is 20.3 Å². The second kappa shape index (κ2) is 5.70. The van der Waals surface area contributed by atoms with Crippen molar-refractivity contribution in [1.82, 2.24) is 4.90 Å². The standard InChI is InChI=1S/C14H17ClFNO/c1-10-5-6-13(16)12(8-10)14(18)17-7-3-2-4-11(17)9-15/h5-6,8,11H,2-4,7,9H2,1H3. The summed E-state index contributed by atoms with van der Waals surface area (Å²) in [6.07, 6.45) is 2.95. The number of nitrogens with zero attached hydrogens (tertiary/aromatic N) is 1. The highest BCUT2D eigenvalue weighted by atomic mass is 35.5. The molecule has 0 N–H and O–H groups in total. The van der Waals surface area contributed by atoms with Gasteiger partial charge in [0, 0.05) is 18.5 Å². The Morgan fingerprint density at radius 2 is 2.28 bits per heavy atom. The molecular weight excluding hydrogens is 253 g/mol. The first-order valence-electron chi connectivity index (χ1n) is 6.26. The third-order valence-corrected chi connectivity index (χ3v) is 3.77. The highest BCUT2D eigenvalue weighted by molar-refractivity contribution is 6.18.